The van der Waals surface area contributed by atoms with E-state index in [9.17, 15) is 4.79 Å². The molecule has 2 aromatic heterocycles. The second-order valence-electron chi connectivity index (χ2n) is 6.52. The molecule has 26 heavy (non-hydrogen) atoms. The van der Waals surface area contributed by atoms with Crippen LogP contribution in [-0.2, 0) is 24.2 Å². The first kappa shape index (κ1) is 16.4. The van der Waals surface area contributed by atoms with Crippen molar-refractivity contribution in [3.63, 3.8) is 0 Å². The molecule has 0 radical (unpaired) electrons. The van der Waals surface area contributed by atoms with Crippen LogP contribution in [0, 0.1) is 6.92 Å². The summed E-state index contributed by atoms with van der Waals surface area (Å²) in [5.41, 5.74) is 2.29. The molecule has 134 valence electrons. The Balaban J connectivity index is 1.42. The Bertz CT molecular complexity index is 902. The molecule has 0 spiro atoms. The van der Waals surface area contributed by atoms with Gasteiger partial charge in [0.1, 0.15) is 17.2 Å². The van der Waals surface area contributed by atoms with E-state index >= 15 is 0 Å². The maximum absolute atomic E-state index is 12.3. The molecule has 1 atom stereocenters. The molecule has 0 bridgehead atoms. The molecule has 0 saturated carbocycles. The number of benzene rings is 1. The first-order valence-electron chi connectivity index (χ1n) is 8.75. The summed E-state index contributed by atoms with van der Waals surface area (Å²) in [5.74, 6) is 1.80. The quantitative estimate of drug-likeness (QED) is 0.767. The molecule has 0 aliphatic carbocycles. The summed E-state index contributed by atoms with van der Waals surface area (Å²) in [4.78, 5) is 12.3. The van der Waals surface area contributed by atoms with E-state index in [1.54, 1.807) is 6.92 Å². The Morgan fingerprint density at radius 1 is 1.23 bits per heavy atom. The third kappa shape index (κ3) is 3.35. The lowest BCUT2D eigenvalue weighted by atomic mass is 10.1. The molecule has 1 aromatic carbocycles. The van der Waals surface area contributed by atoms with Gasteiger partial charge in [0.2, 0.25) is 5.91 Å². The number of rotatable bonds is 4. The summed E-state index contributed by atoms with van der Waals surface area (Å²) >= 11 is 0. The van der Waals surface area contributed by atoms with Gasteiger partial charge in [-0.1, -0.05) is 40.6 Å². The van der Waals surface area contributed by atoms with E-state index in [0.29, 0.717) is 11.4 Å². The van der Waals surface area contributed by atoms with Crippen molar-refractivity contribution in [3.05, 3.63) is 47.5 Å². The largest absolute Gasteiger partial charge is 0.353 e. The topological polar surface area (TPSA) is 98.7 Å². The monoisotopic (exact) mass is 352 g/mol. The number of nitrogens with zero attached hydrogens (tertiary/aromatic N) is 5. The lowest BCUT2D eigenvalue weighted by Gasteiger charge is -2.15. The molecular weight excluding hydrogens is 332 g/mol. The van der Waals surface area contributed by atoms with Gasteiger partial charge in [0, 0.05) is 24.6 Å². The van der Waals surface area contributed by atoms with Crippen molar-refractivity contribution in [2.24, 2.45) is 0 Å². The molecule has 8 heteroatoms. The van der Waals surface area contributed by atoms with E-state index in [1.165, 1.54) is 0 Å². The van der Waals surface area contributed by atoms with Crippen LogP contribution in [-0.4, -0.2) is 37.0 Å². The van der Waals surface area contributed by atoms with Crippen LogP contribution in [0.2, 0.25) is 0 Å². The highest BCUT2D eigenvalue weighted by atomic mass is 16.6. The molecule has 1 N–H and O–H groups in total. The third-order valence-corrected chi connectivity index (χ3v) is 4.72. The van der Waals surface area contributed by atoms with Gasteiger partial charge in [0.15, 0.2) is 5.82 Å². The second kappa shape index (κ2) is 7.07. The highest BCUT2D eigenvalue weighted by molar-refractivity contribution is 5.78. The van der Waals surface area contributed by atoms with Gasteiger partial charge >= 0.3 is 0 Å². The fourth-order valence-corrected chi connectivity index (χ4v) is 3.27. The van der Waals surface area contributed by atoms with Gasteiger partial charge < -0.3 is 9.88 Å². The summed E-state index contributed by atoms with van der Waals surface area (Å²) in [6, 6.07) is 10.2. The molecule has 0 saturated heterocycles. The van der Waals surface area contributed by atoms with Crippen LogP contribution in [0.25, 0.3) is 11.4 Å². The molecule has 8 nitrogen and oxygen atoms in total. The number of amides is 1. The Labute approximate surface area is 150 Å². The smallest absolute Gasteiger partial charge is 0.226 e. The molecule has 4 rings (SSSR count). The minimum absolute atomic E-state index is 0.0604. The fraction of sp³-hybridized carbons (Fsp3) is 0.389. The van der Waals surface area contributed by atoms with Crippen LogP contribution >= 0.6 is 0 Å². The van der Waals surface area contributed by atoms with E-state index in [2.05, 4.69) is 35.0 Å². The SMILES string of the molecule is Cc1nonc1CC(=O)NC1CCc2nnc(-c3ccccc3)n2CC1. The second-order valence-corrected chi connectivity index (χ2v) is 6.52. The van der Waals surface area contributed by atoms with E-state index in [1.807, 2.05) is 30.3 Å². The van der Waals surface area contributed by atoms with Gasteiger partial charge in [-0.05, 0) is 19.8 Å². The lowest BCUT2D eigenvalue weighted by molar-refractivity contribution is -0.121. The van der Waals surface area contributed by atoms with Crippen LogP contribution in [0.15, 0.2) is 35.0 Å². The van der Waals surface area contributed by atoms with Gasteiger partial charge in [-0.15, -0.1) is 10.2 Å². The molecule has 1 unspecified atom stereocenters. The zero-order chi connectivity index (χ0) is 17.9. The molecule has 0 fully saturated rings. The number of hydrogen-bond donors (Lipinski definition) is 1. The van der Waals surface area contributed by atoms with Gasteiger partial charge in [-0.2, -0.15) is 0 Å². The first-order valence-corrected chi connectivity index (χ1v) is 8.75. The van der Waals surface area contributed by atoms with Crippen molar-refractivity contribution in [3.8, 4) is 11.4 Å². The van der Waals surface area contributed by atoms with Crippen molar-refractivity contribution < 1.29 is 9.42 Å². The van der Waals surface area contributed by atoms with Crippen LogP contribution < -0.4 is 5.32 Å². The summed E-state index contributed by atoms with van der Waals surface area (Å²) < 4.78 is 6.80. The predicted octanol–water partition coefficient (Wildman–Crippen LogP) is 1.70. The minimum Gasteiger partial charge on any atom is -0.353 e. The number of fused-ring (bicyclic) bond motifs is 1. The van der Waals surface area contributed by atoms with Gasteiger partial charge in [0.05, 0.1) is 6.42 Å². The zero-order valence-corrected chi connectivity index (χ0v) is 14.6. The van der Waals surface area contributed by atoms with Crippen LogP contribution in [0.1, 0.15) is 30.1 Å². The molecular formula is C18H20N6O2. The summed E-state index contributed by atoms with van der Waals surface area (Å²) in [6.07, 6.45) is 2.66. The fourth-order valence-electron chi connectivity index (χ4n) is 3.27. The van der Waals surface area contributed by atoms with Crippen LogP contribution in [0.3, 0.4) is 0 Å². The number of hydrogen-bond acceptors (Lipinski definition) is 6. The standard InChI is InChI=1S/C18H20N6O2/c1-12-15(23-26-22-12)11-17(25)19-14-7-8-16-20-21-18(24(16)10-9-14)13-5-3-2-4-6-13/h2-6,14H,7-11H2,1H3,(H,19,25). The van der Waals surface area contributed by atoms with Gasteiger partial charge in [-0.25, -0.2) is 4.63 Å². The lowest BCUT2D eigenvalue weighted by Crippen LogP contribution is -2.36. The molecule has 3 heterocycles. The number of carbonyl (C=O) groups excluding carboxylic acids is 1. The maximum atomic E-state index is 12.3. The molecule has 1 aliphatic heterocycles. The van der Waals surface area contributed by atoms with Crippen molar-refractivity contribution in [2.75, 3.05) is 0 Å². The summed E-state index contributed by atoms with van der Waals surface area (Å²) in [7, 11) is 0. The normalized spacial score (nSPS) is 16.7. The Morgan fingerprint density at radius 2 is 2.08 bits per heavy atom. The van der Waals surface area contributed by atoms with Crippen molar-refractivity contribution in [1.29, 1.82) is 0 Å². The van der Waals surface area contributed by atoms with Gasteiger partial charge in [0.25, 0.3) is 0 Å². The number of nitrogens with one attached hydrogen (secondary N) is 1. The Morgan fingerprint density at radius 3 is 2.85 bits per heavy atom. The van der Waals surface area contributed by atoms with E-state index in [-0.39, 0.29) is 18.4 Å². The Kier molecular flexibility index (Phi) is 4.47. The molecule has 3 aromatic rings. The molecule has 1 aliphatic rings. The predicted molar refractivity (Wildman–Crippen MR) is 93.1 cm³/mol. The number of aromatic nitrogens is 5. The number of carbonyl (C=O) groups is 1. The van der Waals surface area contributed by atoms with Crippen molar-refractivity contribution in [1.82, 2.24) is 30.4 Å². The van der Waals surface area contributed by atoms with Crippen molar-refractivity contribution >= 4 is 5.91 Å². The average Bonchev–Trinajstić information content (AvgIpc) is 3.19. The highest BCUT2D eigenvalue weighted by Crippen LogP contribution is 2.22. The molecule has 1 amide bonds. The average molecular weight is 352 g/mol. The van der Waals surface area contributed by atoms with E-state index in [0.717, 1.165) is 43.0 Å². The third-order valence-electron chi connectivity index (χ3n) is 4.72. The Hall–Kier alpha value is -3.03. The first-order chi connectivity index (χ1) is 12.7. The maximum Gasteiger partial charge on any atom is 0.226 e. The van der Waals surface area contributed by atoms with Crippen LogP contribution in [0.4, 0.5) is 0 Å². The van der Waals surface area contributed by atoms with Crippen LogP contribution in [0.5, 0.6) is 0 Å². The van der Waals surface area contributed by atoms with Gasteiger partial charge in [-0.3, -0.25) is 4.79 Å². The summed E-state index contributed by atoms with van der Waals surface area (Å²) in [5, 5.41) is 19.3. The number of aryl methyl sites for hydroxylation is 2. The highest BCUT2D eigenvalue weighted by Gasteiger charge is 2.22. The van der Waals surface area contributed by atoms with E-state index in [4.69, 9.17) is 0 Å². The van der Waals surface area contributed by atoms with E-state index < -0.39 is 0 Å². The summed E-state index contributed by atoms with van der Waals surface area (Å²) in [6.45, 7) is 2.56. The minimum atomic E-state index is -0.0604. The van der Waals surface area contributed by atoms with Crippen molar-refractivity contribution in [2.45, 2.75) is 45.2 Å². The zero-order valence-electron chi connectivity index (χ0n) is 14.6.